The molecule has 1 atom stereocenters. The second-order valence-electron chi connectivity index (χ2n) is 6.83. The van der Waals surface area contributed by atoms with Crippen LogP contribution in [0.25, 0.3) is 0 Å². The molecule has 6 nitrogen and oxygen atoms in total. The van der Waals surface area contributed by atoms with Crippen LogP contribution in [0.3, 0.4) is 0 Å². The third-order valence-electron chi connectivity index (χ3n) is 3.98. The average Bonchev–Trinajstić information content (AvgIpc) is 2.48. The molecule has 1 aliphatic rings. The summed E-state index contributed by atoms with van der Waals surface area (Å²) in [6.07, 6.45) is 4.26. The van der Waals surface area contributed by atoms with Crippen molar-refractivity contribution in [3.05, 3.63) is 0 Å². The molecule has 1 saturated carbocycles. The van der Waals surface area contributed by atoms with E-state index >= 15 is 0 Å². The van der Waals surface area contributed by atoms with E-state index < -0.39 is 8.53 Å². The van der Waals surface area contributed by atoms with Crippen LogP contribution in [0.5, 0.6) is 0 Å². The summed E-state index contributed by atoms with van der Waals surface area (Å²) in [5, 5.41) is 11.7. The van der Waals surface area contributed by atoms with Crippen molar-refractivity contribution in [2.75, 3.05) is 6.61 Å². The van der Waals surface area contributed by atoms with E-state index in [1.54, 1.807) is 6.92 Å². The highest BCUT2D eigenvalue weighted by atomic mass is 31.2. The number of hydrogen-bond acceptors (Lipinski definition) is 5. The number of nitriles is 1. The van der Waals surface area contributed by atoms with E-state index in [2.05, 4.69) is 43.8 Å². The van der Waals surface area contributed by atoms with Gasteiger partial charge in [0, 0.05) is 25.0 Å². The molecule has 0 bridgehead atoms. The first kappa shape index (κ1) is 21.3. The number of hydrogen-bond donors (Lipinski definition) is 1. The first-order valence-electron chi connectivity index (χ1n) is 8.87. The van der Waals surface area contributed by atoms with Gasteiger partial charge in [0.15, 0.2) is 0 Å². The fraction of sp³-hybridized carbons (Fsp3) is 0.882. The summed E-state index contributed by atoms with van der Waals surface area (Å²) in [4.78, 5) is 11.2. The quantitative estimate of drug-likeness (QED) is 0.503. The molecule has 0 saturated heterocycles. The van der Waals surface area contributed by atoms with Gasteiger partial charge in [0.05, 0.1) is 25.2 Å². The van der Waals surface area contributed by atoms with Crippen molar-refractivity contribution in [2.24, 2.45) is 0 Å². The largest absolute Gasteiger partial charge is 0.354 e. The minimum absolute atomic E-state index is 0.0345. The van der Waals surface area contributed by atoms with Gasteiger partial charge in [-0.15, -0.1) is 0 Å². The van der Waals surface area contributed by atoms with Crippen LogP contribution in [-0.4, -0.2) is 41.4 Å². The molecule has 0 heterocycles. The summed E-state index contributed by atoms with van der Waals surface area (Å²) in [6, 6.07) is 3.01. The lowest BCUT2D eigenvalue weighted by molar-refractivity contribution is -0.120. The van der Waals surface area contributed by atoms with Crippen molar-refractivity contribution in [1.82, 2.24) is 9.99 Å². The lowest BCUT2D eigenvalue weighted by Crippen LogP contribution is -2.39. The second-order valence-corrected chi connectivity index (χ2v) is 8.23. The minimum atomic E-state index is -1.17. The number of nitrogens with one attached hydrogen (secondary N) is 1. The number of amides is 1. The van der Waals surface area contributed by atoms with E-state index in [0.29, 0.717) is 25.1 Å². The van der Waals surface area contributed by atoms with Crippen LogP contribution in [0.2, 0.25) is 0 Å². The molecule has 7 heteroatoms. The molecule has 138 valence electrons. The smallest absolute Gasteiger partial charge is 0.259 e. The molecule has 1 N–H and O–H groups in total. The topological polar surface area (TPSA) is 74.6 Å². The zero-order valence-corrected chi connectivity index (χ0v) is 16.5. The number of carbonyl (C=O) groups is 1. The second kappa shape index (κ2) is 11.0. The van der Waals surface area contributed by atoms with Gasteiger partial charge in [-0.05, 0) is 53.4 Å². The Hall–Kier alpha value is -0.730. The van der Waals surface area contributed by atoms with Crippen LogP contribution >= 0.6 is 8.53 Å². The summed E-state index contributed by atoms with van der Waals surface area (Å²) >= 11 is 0. The highest BCUT2D eigenvalue weighted by Crippen LogP contribution is 2.48. The van der Waals surface area contributed by atoms with E-state index in [4.69, 9.17) is 14.3 Å². The van der Waals surface area contributed by atoms with E-state index in [-0.39, 0.29) is 18.1 Å². The van der Waals surface area contributed by atoms with Crippen LogP contribution in [0.4, 0.5) is 0 Å². The molecule has 1 rings (SSSR count). The van der Waals surface area contributed by atoms with Crippen LogP contribution in [-0.2, 0) is 13.8 Å². The Morgan fingerprint density at radius 3 is 2.29 bits per heavy atom. The predicted molar refractivity (Wildman–Crippen MR) is 96.2 cm³/mol. The molecule has 1 amide bonds. The third kappa shape index (κ3) is 7.44. The zero-order valence-electron chi connectivity index (χ0n) is 15.6. The maximum absolute atomic E-state index is 11.2. The van der Waals surface area contributed by atoms with Gasteiger partial charge < -0.3 is 14.4 Å². The number of rotatable bonds is 9. The van der Waals surface area contributed by atoms with Gasteiger partial charge >= 0.3 is 0 Å². The molecule has 0 aliphatic heterocycles. The summed E-state index contributed by atoms with van der Waals surface area (Å²) < 4.78 is 14.5. The zero-order chi connectivity index (χ0) is 18.1. The highest BCUT2D eigenvalue weighted by Gasteiger charge is 2.31. The van der Waals surface area contributed by atoms with E-state index in [1.165, 1.54) is 0 Å². The Labute approximate surface area is 147 Å². The molecular formula is C17H32N3O3P. The van der Waals surface area contributed by atoms with Crippen molar-refractivity contribution >= 4 is 14.4 Å². The average molecular weight is 357 g/mol. The van der Waals surface area contributed by atoms with E-state index in [1.807, 2.05) is 0 Å². The molecule has 0 radical (unpaired) electrons. The normalized spacial score (nSPS) is 22.6. The Bertz CT molecular complexity index is 410. The van der Waals surface area contributed by atoms with Crippen molar-refractivity contribution in [3.8, 4) is 6.07 Å². The lowest BCUT2D eigenvalue weighted by Gasteiger charge is -2.38. The maximum atomic E-state index is 11.2. The highest BCUT2D eigenvalue weighted by molar-refractivity contribution is 7.44. The Balaban J connectivity index is 2.61. The van der Waals surface area contributed by atoms with Crippen molar-refractivity contribution < 1.29 is 13.8 Å². The molecule has 24 heavy (non-hydrogen) atoms. The molecule has 0 aromatic heterocycles. The first-order chi connectivity index (χ1) is 11.3. The monoisotopic (exact) mass is 357 g/mol. The summed E-state index contributed by atoms with van der Waals surface area (Å²) in [5.41, 5.74) is 0. The van der Waals surface area contributed by atoms with Gasteiger partial charge in [0.2, 0.25) is 5.91 Å². The third-order valence-corrected chi connectivity index (χ3v) is 6.17. The Morgan fingerprint density at radius 2 is 1.83 bits per heavy atom. The van der Waals surface area contributed by atoms with Gasteiger partial charge in [-0.25, -0.2) is 4.67 Å². The van der Waals surface area contributed by atoms with Crippen LogP contribution < -0.4 is 5.32 Å². The van der Waals surface area contributed by atoms with Crippen LogP contribution in [0, 0.1) is 11.3 Å². The molecule has 0 aromatic carbocycles. The molecule has 1 fully saturated rings. The predicted octanol–water partition coefficient (Wildman–Crippen LogP) is 3.73. The van der Waals surface area contributed by atoms with Crippen molar-refractivity contribution in [1.29, 1.82) is 5.26 Å². The fourth-order valence-corrected chi connectivity index (χ4v) is 4.79. The summed E-state index contributed by atoms with van der Waals surface area (Å²) in [6.45, 7) is 10.5. The maximum Gasteiger partial charge on any atom is 0.259 e. The van der Waals surface area contributed by atoms with Crippen molar-refractivity contribution in [2.45, 2.75) is 91.0 Å². The molecule has 0 aromatic rings. The lowest BCUT2D eigenvalue weighted by atomic mass is 9.93. The van der Waals surface area contributed by atoms with Gasteiger partial charge in [0.1, 0.15) is 0 Å². The van der Waals surface area contributed by atoms with Gasteiger partial charge in [-0.2, -0.15) is 5.26 Å². The van der Waals surface area contributed by atoms with Gasteiger partial charge in [0.25, 0.3) is 8.53 Å². The van der Waals surface area contributed by atoms with Crippen LogP contribution in [0.1, 0.15) is 66.7 Å². The molecule has 1 unspecified atom stereocenters. The van der Waals surface area contributed by atoms with E-state index in [9.17, 15) is 4.79 Å². The number of carbonyl (C=O) groups excluding carboxylic acids is 1. The van der Waals surface area contributed by atoms with Gasteiger partial charge in [-0.3, -0.25) is 4.79 Å². The number of nitrogens with zero attached hydrogens (tertiary/aromatic N) is 2. The standard InChI is InChI=1S/C17H32N3O3P/c1-13(2)20(14(3)4)24(22-12-6-11-18)23-17-9-7-16(8-10-17)19-15(5)21/h13-14,16-17H,6-10,12H2,1-5H3,(H,19,21). The molecular weight excluding hydrogens is 325 g/mol. The first-order valence-corrected chi connectivity index (χ1v) is 10.00. The molecule has 1 aliphatic carbocycles. The van der Waals surface area contributed by atoms with Gasteiger partial charge in [-0.1, -0.05) is 0 Å². The van der Waals surface area contributed by atoms with E-state index in [0.717, 1.165) is 25.7 Å². The molecule has 0 spiro atoms. The van der Waals surface area contributed by atoms with Crippen molar-refractivity contribution in [3.63, 3.8) is 0 Å². The van der Waals surface area contributed by atoms with Crippen LogP contribution in [0.15, 0.2) is 0 Å². The fourth-order valence-electron chi connectivity index (χ4n) is 3.02. The SMILES string of the molecule is CC(=O)NC1CCC(OP(OCCC#N)N(C(C)C)C(C)C)CC1. The summed E-state index contributed by atoms with van der Waals surface area (Å²) in [7, 11) is -1.17. The Kier molecular flexibility index (Phi) is 9.76. The minimum Gasteiger partial charge on any atom is -0.354 e. The summed E-state index contributed by atoms with van der Waals surface area (Å²) in [5.74, 6) is 0.0345. The Morgan fingerprint density at radius 1 is 1.25 bits per heavy atom.